The summed E-state index contributed by atoms with van der Waals surface area (Å²) in [5.41, 5.74) is 0.829. The van der Waals surface area contributed by atoms with Gasteiger partial charge < -0.3 is 9.64 Å². The van der Waals surface area contributed by atoms with E-state index in [1.165, 1.54) is 4.90 Å². The van der Waals surface area contributed by atoms with E-state index in [1.54, 1.807) is 19.1 Å². The molecule has 29 heavy (non-hydrogen) atoms. The lowest BCUT2D eigenvalue weighted by Gasteiger charge is -2.16. The van der Waals surface area contributed by atoms with E-state index >= 15 is 0 Å². The van der Waals surface area contributed by atoms with Crippen LogP contribution in [-0.2, 0) is 14.8 Å². The van der Waals surface area contributed by atoms with Gasteiger partial charge >= 0.3 is 6.03 Å². The van der Waals surface area contributed by atoms with Crippen molar-refractivity contribution in [2.24, 2.45) is 5.92 Å². The summed E-state index contributed by atoms with van der Waals surface area (Å²) in [7, 11) is -3.48. The van der Waals surface area contributed by atoms with Gasteiger partial charge in [0.05, 0.1) is 12.4 Å². The van der Waals surface area contributed by atoms with Gasteiger partial charge in [-0.15, -0.1) is 0 Å². The summed E-state index contributed by atoms with van der Waals surface area (Å²) >= 11 is 0. The standard InChI is InChI=1S/C20H29N3O5S/c1-15(2)14-28-18-9-7-8-17(12-18)16(3)22-29(26,27)11-6-4-5-10-23-13-19(24)21-20(23)25/h4-5,7-9,12,15-16,22H,6,10-11,13-14H2,1-3H3,(H,21,24,25)/b5-4+. The molecule has 2 N–H and O–H groups in total. The van der Waals surface area contributed by atoms with Crippen molar-refractivity contribution < 1.29 is 22.7 Å². The lowest BCUT2D eigenvalue weighted by molar-refractivity contribution is -0.118. The lowest BCUT2D eigenvalue weighted by atomic mass is 10.1. The Morgan fingerprint density at radius 1 is 1.24 bits per heavy atom. The summed E-state index contributed by atoms with van der Waals surface area (Å²) in [6.07, 6.45) is 3.69. The van der Waals surface area contributed by atoms with Gasteiger partial charge in [0.1, 0.15) is 12.3 Å². The SMILES string of the molecule is CC(C)COc1cccc(C(C)NS(=O)(=O)CC/C=C/CN2CC(=O)NC2=O)c1. The number of carbonyl (C=O) groups excluding carboxylic acids is 2. The average Bonchev–Trinajstić information content (AvgIpc) is 2.96. The molecular weight excluding hydrogens is 394 g/mol. The van der Waals surface area contributed by atoms with Crippen LogP contribution in [-0.4, -0.2) is 50.7 Å². The van der Waals surface area contributed by atoms with Crippen LogP contribution in [0.4, 0.5) is 4.79 Å². The van der Waals surface area contributed by atoms with Gasteiger partial charge in [-0.05, 0) is 37.0 Å². The van der Waals surface area contributed by atoms with Crippen LogP contribution in [0.25, 0.3) is 0 Å². The molecule has 160 valence electrons. The van der Waals surface area contributed by atoms with Gasteiger partial charge in [-0.1, -0.05) is 38.1 Å². The van der Waals surface area contributed by atoms with Crippen LogP contribution in [0.2, 0.25) is 0 Å². The van der Waals surface area contributed by atoms with Gasteiger partial charge in [0.2, 0.25) is 15.9 Å². The molecule has 0 aliphatic carbocycles. The minimum atomic E-state index is -3.48. The maximum Gasteiger partial charge on any atom is 0.324 e. The number of nitrogens with one attached hydrogen (secondary N) is 2. The van der Waals surface area contributed by atoms with Gasteiger partial charge in [-0.2, -0.15) is 0 Å². The van der Waals surface area contributed by atoms with Crippen LogP contribution < -0.4 is 14.8 Å². The molecule has 8 nitrogen and oxygen atoms in total. The van der Waals surface area contributed by atoms with E-state index in [0.717, 1.165) is 11.3 Å². The number of carbonyl (C=O) groups is 2. The zero-order valence-corrected chi connectivity index (χ0v) is 17.9. The number of urea groups is 1. The van der Waals surface area contributed by atoms with Crippen LogP contribution in [0.15, 0.2) is 36.4 Å². The molecule has 1 aliphatic rings. The number of hydrogen-bond donors (Lipinski definition) is 2. The zero-order valence-electron chi connectivity index (χ0n) is 17.1. The Morgan fingerprint density at radius 2 is 2.00 bits per heavy atom. The van der Waals surface area contributed by atoms with Crippen molar-refractivity contribution in [3.05, 3.63) is 42.0 Å². The summed E-state index contributed by atoms with van der Waals surface area (Å²) in [5, 5.41) is 2.19. The molecule has 2 rings (SSSR count). The molecule has 0 aromatic heterocycles. The third kappa shape index (κ3) is 7.86. The number of benzene rings is 1. The molecule has 1 heterocycles. The number of rotatable bonds is 11. The number of allylic oxidation sites excluding steroid dienone is 1. The van der Waals surface area contributed by atoms with Gasteiger partial charge in [-0.25, -0.2) is 17.9 Å². The van der Waals surface area contributed by atoms with Gasteiger partial charge in [0.15, 0.2) is 0 Å². The molecule has 0 saturated carbocycles. The molecule has 1 saturated heterocycles. The van der Waals surface area contributed by atoms with E-state index in [0.29, 0.717) is 18.9 Å². The molecule has 1 aliphatic heterocycles. The topological polar surface area (TPSA) is 105 Å². The summed E-state index contributed by atoms with van der Waals surface area (Å²) < 4.78 is 33.0. The first-order chi connectivity index (χ1) is 13.7. The molecule has 1 aromatic rings. The van der Waals surface area contributed by atoms with Crippen LogP contribution in [0, 0.1) is 5.92 Å². The minimum absolute atomic E-state index is 0.0283. The monoisotopic (exact) mass is 423 g/mol. The Hall–Kier alpha value is -2.39. The highest BCUT2D eigenvalue weighted by Crippen LogP contribution is 2.20. The van der Waals surface area contributed by atoms with Crippen molar-refractivity contribution >= 4 is 22.0 Å². The minimum Gasteiger partial charge on any atom is -0.493 e. The molecular formula is C20H29N3O5S. The molecule has 0 bridgehead atoms. The fourth-order valence-corrected chi connectivity index (χ4v) is 3.95. The smallest absolute Gasteiger partial charge is 0.324 e. The fraction of sp³-hybridized carbons (Fsp3) is 0.500. The molecule has 1 fully saturated rings. The maximum absolute atomic E-state index is 12.3. The van der Waals surface area contributed by atoms with E-state index in [9.17, 15) is 18.0 Å². The number of imide groups is 1. The Labute approximate surface area is 172 Å². The predicted molar refractivity (Wildman–Crippen MR) is 111 cm³/mol. The van der Waals surface area contributed by atoms with E-state index in [2.05, 4.69) is 23.9 Å². The third-order valence-electron chi connectivity index (χ3n) is 4.21. The van der Waals surface area contributed by atoms with Crippen molar-refractivity contribution in [1.29, 1.82) is 0 Å². The first-order valence-corrected chi connectivity index (χ1v) is 11.3. The van der Waals surface area contributed by atoms with E-state index < -0.39 is 16.1 Å². The fourth-order valence-electron chi connectivity index (χ4n) is 2.71. The Morgan fingerprint density at radius 3 is 2.66 bits per heavy atom. The number of ether oxygens (including phenoxy) is 1. The van der Waals surface area contributed by atoms with Crippen LogP contribution in [0.3, 0.4) is 0 Å². The third-order valence-corrected chi connectivity index (χ3v) is 5.70. The highest BCUT2D eigenvalue weighted by Gasteiger charge is 2.25. The molecule has 3 amide bonds. The van der Waals surface area contributed by atoms with Gasteiger partial charge in [0, 0.05) is 12.6 Å². The van der Waals surface area contributed by atoms with Crippen LogP contribution in [0.5, 0.6) is 5.75 Å². The number of nitrogens with zero attached hydrogens (tertiary/aromatic N) is 1. The number of amides is 3. The molecule has 9 heteroatoms. The van der Waals surface area contributed by atoms with E-state index in [4.69, 9.17) is 4.74 Å². The summed E-state index contributed by atoms with van der Waals surface area (Å²) in [6.45, 7) is 6.81. The second-order valence-corrected chi connectivity index (χ2v) is 9.30. The Kier molecular flexibility index (Phi) is 8.21. The molecule has 1 unspecified atom stereocenters. The molecule has 1 aromatic carbocycles. The summed E-state index contributed by atoms with van der Waals surface area (Å²) in [4.78, 5) is 23.9. The predicted octanol–water partition coefficient (Wildman–Crippen LogP) is 2.20. The molecule has 0 radical (unpaired) electrons. The van der Waals surface area contributed by atoms with Crippen LogP contribution in [0.1, 0.15) is 38.8 Å². The van der Waals surface area contributed by atoms with E-state index in [1.807, 2.05) is 24.3 Å². The first kappa shape index (κ1) is 22.9. The average molecular weight is 424 g/mol. The largest absolute Gasteiger partial charge is 0.493 e. The lowest BCUT2D eigenvalue weighted by Crippen LogP contribution is -2.29. The molecule has 0 spiro atoms. The highest BCUT2D eigenvalue weighted by molar-refractivity contribution is 7.89. The van der Waals surface area contributed by atoms with Gasteiger partial charge in [-0.3, -0.25) is 10.1 Å². The number of hydrogen-bond acceptors (Lipinski definition) is 5. The van der Waals surface area contributed by atoms with Crippen LogP contribution >= 0.6 is 0 Å². The number of sulfonamides is 1. The quantitative estimate of drug-likeness (QED) is 0.419. The normalized spacial score (nSPS) is 15.9. The van der Waals surface area contributed by atoms with E-state index in [-0.39, 0.29) is 30.8 Å². The second kappa shape index (κ2) is 10.4. The maximum atomic E-state index is 12.3. The van der Waals surface area contributed by atoms with Crippen molar-refractivity contribution in [1.82, 2.24) is 14.9 Å². The summed E-state index contributed by atoms with van der Waals surface area (Å²) in [6, 6.07) is 6.59. The van der Waals surface area contributed by atoms with Crippen molar-refractivity contribution in [3.8, 4) is 5.75 Å². The van der Waals surface area contributed by atoms with Crippen molar-refractivity contribution in [2.45, 2.75) is 33.2 Å². The highest BCUT2D eigenvalue weighted by atomic mass is 32.2. The zero-order chi connectivity index (χ0) is 21.4. The Bertz CT molecular complexity index is 851. The van der Waals surface area contributed by atoms with Gasteiger partial charge in [0.25, 0.3) is 0 Å². The molecule has 1 atom stereocenters. The second-order valence-electron chi connectivity index (χ2n) is 7.43. The van der Waals surface area contributed by atoms with Crippen molar-refractivity contribution in [2.75, 3.05) is 25.4 Å². The first-order valence-electron chi connectivity index (χ1n) is 9.63. The van der Waals surface area contributed by atoms with Crippen molar-refractivity contribution in [3.63, 3.8) is 0 Å². The summed E-state index contributed by atoms with van der Waals surface area (Å²) in [5.74, 6) is 0.725. The Balaban J connectivity index is 1.81.